The molecule has 0 saturated heterocycles. The molecule has 1 aliphatic rings. The van der Waals surface area contributed by atoms with Crippen molar-refractivity contribution >= 4 is 17.8 Å². The van der Waals surface area contributed by atoms with Crippen molar-refractivity contribution in [3.63, 3.8) is 0 Å². The molecule has 3 atom stereocenters. The van der Waals surface area contributed by atoms with Crippen molar-refractivity contribution in [2.45, 2.75) is 56.9 Å². The van der Waals surface area contributed by atoms with Gasteiger partial charge in [-0.05, 0) is 39.0 Å². The zero-order valence-electron chi connectivity index (χ0n) is 12.0. The van der Waals surface area contributed by atoms with Gasteiger partial charge in [-0.3, -0.25) is 0 Å². The summed E-state index contributed by atoms with van der Waals surface area (Å²) >= 11 is 1.92. The number of nitrogens with one attached hydrogen (secondary N) is 2. The van der Waals surface area contributed by atoms with Crippen molar-refractivity contribution in [1.82, 2.24) is 15.5 Å². The van der Waals surface area contributed by atoms with Gasteiger partial charge in [-0.15, -0.1) is 5.10 Å². The maximum Gasteiger partial charge on any atom is 0.315 e. The summed E-state index contributed by atoms with van der Waals surface area (Å²) in [4.78, 5) is 0. The SMILES string of the molecule is CCCNC(C)c1nnc(NC2CCCC2SC)o1. The minimum atomic E-state index is 0.114. The second-order valence-corrected chi connectivity index (χ2v) is 6.15. The summed E-state index contributed by atoms with van der Waals surface area (Å²) in [5.74, 6) is 0.662. The Kier molecular flexibility index (Phi) is 5.51. The fourth-order valence-electron chi connectivity index (χ4n) is 2.45. The zero-order valence-corrected chi connectivity index (χ0v) is 12.8. The second kappa shape index (κ2) is 7.14. The number of nitrogens with zero attached hydrogens (tertiary/aromatic N) is 2. The lowest BCUT2D eigenvalue weighted by Crippen LogP contribution is -2.25. The average molecular weight is 284 g/mol. The fourth-order valence-corrected chi connectivity index (χ4v) is 3.38. The van der Waals surface area contributed by atoms with Crippen LogP contribution in [0.4, 0.5) is 6.01 Å². The van der Waals surface area contributed by atoms with E-state index >= 15 is 0 Å². The Morgan fingerprint density at radius 2 is 2.26 bits per heavy atom. The zero-order chi connectivity index (χ0) is 13.7. The molecule has 3 unspecified atom stereocenters. The summed E-state index contributed by atoms with van der Waals surface area (Å²) in [6.07, 6.45) is 7.00. The van der Waals surface area contributed by atoms with E-state index in [4.69, 9.17) is 4.42 Å². The van der Waals surface area contributed by atoms with Crippen LogP contribution in [0.3, 0.4) is 0 Å². The Balaban J connectivity index is 1.90. The molecule has 2 N–H and O–H groups in total. The molecular formula is C13H24N4OS. The van der Waals surface area contributed by atoms with Gasteiger partial charge in [0.2, 0.25) is 5.89 Å². The van der Waals surface area contributed by atoms with E-state index in [9.17, 15) is 0 Å². The number of rotatable bonds is 7. The Morgan fingerprint density at radius 1 is 1.42 bits per heavy atom. The minimum Gasteiger partial charge on any atom is -0.406 e. The summed E-state index contributed by atoms with van der Waals surface area (Å²) < 4.78 is 5.69. The van der Waals surface area contributed by atoms with Gasteiger partial charge in [-0.25, -0.2) is 0 Å². The van der Waals surface area contributed by atoms with Gasteiger partial charge in [0.05, 0.1) is 6.04 Å². The molecule has 0 aliphatic heterocycles. The van der Waals surface area contributed by atoms with Crippen LogP contribution in [0.1, 0.15) is 51.5 Å². The van der Waals surface area contributed by atoms with Crippen LogP contribution < -0.4 is 10.6 Å². The standard InChI is InChI=1S/C13H24N4OS/c1-4-8-14-9(2)12-16-17-13(18-12)15-10-6-5-7-11(10)19-3/h9-11,14H,4-8H2,1-3H3,(H,15,17). The molecule has 0 radical (unpaired) electrons. The van der Waals surface area contributed by atoms with Gasteiger partial charge in [-0.1, -0.05) is 18.4 Å². The quantitative estimate of drug-likeness (QED) is 0.803. The lowest BCUT2D eigenvalue weighted by molar-refractivity contribution is 0.421. The molecule has 1 aromatic rings. The predicted octanol–water partition coefficient (Wildman–Crippen LogP) is 2.83. The van der Waals surface area contributed by atoms with E-state index in [-0.39, 0.29) is 6.04 Å². The van der Waals surface area contributed by atoms with Gasteiger partial charge in [0.1, 0.15) is 0 Å². The average Bonchev–Trinajstić information content (AvgIpc) is 3.05. The van der Waals surface area contributed by atoms with Gasteiger partial charge in [-0.2, -0.15) is 11.8 Å². The number of hydrogen-bond donors (Lipinski definition) is 2. The molecule has 108 valence electrons. The van der Waals surface area contributed by atoms with Crippen LogP contribution in [-0.4, -0.2) is 34.3 Å². The summed E-state index contributed by atoms with van der Waals surface area (Å²) in [6.45, 7) is 5.15. The smallest absolute Gasteiger partial charge is 0.315 e. The van der Waals surface area contributed by atoms with E-state index in [1.54, 1.807) is 0 Å². The molecule has 0 aromatic carbocycles. The molecule has 1 saturated carbocycles. The molecule has 2 rings (SSSR count). The van der Waals surface area contributed by atoms with Gasteiger partial charge >= 0.3 is 6.01 Å². The summed E-state index contributed by atoms with van der Waals surface area (Å²) in [5.41, 5.74) is 0. The Bertz CT molecular complexity index is 384. The normalized spacial score (nSPS) is 24.6. The lowest BCUT2D eigenvalue weighted by Gasteiger charge is -2.17. The van der Waals surface area contributed by atoms with Crippen molar-refractivity contribution in [3.8, 4) is 0 Å². The number of thioether (sulfide) groups is 1. The molecule has 6 heteroatoms. The second-order valence-electron chi connectivity index (χ2n) is 5.08. The highest BCUT2D eigenvalue weighted by Gasteiger charge is 2.27. The van der Waals surface area contributed by atoms with Crippen LogP contribution in [0.25, 0.3) is 0 Å². The van der Waals surface area contributed by atoms with E-state index in [2.05, 4.69) is 34.0 Å². The highest BCUT2D eigenvalue weighted by atomic mass is 32.2. The molecule has 0 amide bonds. The Labute approximate surface area is 119 Å². The molecule has 1 aliphatic carbocycles. The van der Waals surface area contributed by atoms with E-state index in [1.165, 1.54) is 19.3 Å². The van der Waals surface area contributed by atoms with Gasteiger partial charge in [0.15, 0.2) is 0 Å². The largest absolute Gasteiger partial charge is 0.406 e. The first kappa shape index (κ1) is 14.7. The minimum absolute atomic E-state index is 0.114. The van der Waals surface area contributed by atoms with E-state index in [0.717, 1.165) is 13.0 Å². The molecule has 1 heterocycles. The fraction of sp³-hybridized carbons (Fsp3) is 0.846. The predicted molar refractivity (Wildman–Crippen MR) is 79.6 cm³/mol. The first-order valence-corrected chi connectivity index (χ1v) is 8.39. The van der Waals surface area contributed by atoms with E-state index in [1.807, 2.05) is 18.7 Å². The van der Waals surface area contributed by atoms with Crippen LogP contribution >= 0.6 is 11.8 Å². The highest BCUT2D eigenvalue weighted by Crippen LogP contribution is 2.30. The van der Waals surface area contributed by atoms with E-state index in [0.29, 0.717) is 23.2 Å². The van der Waals surface area contributed by atoms with Crippen molar-refractivity contribution in [2.75, 3.05) is 18.1 Å². The molecular weight excluding hydrogens is 260 g/mol. The maximum absolute atomic E-state index is 5.69. The lowest BCUT2D eigenvalue weighted by atomic mass is 10.2. The van der Waals surface area contributed by atoms with Crippen molar-refractivity contribution in [3.05, 3.63) is 5.89 Å². The summed E-state index contributed by atoms with van der Waals surface area (Å²) in [6, 6.07) is 1.14. The molecule has 1 aromatic heterocycles. The third kappa shape index (κ3) is 3.86. The first-order chi connectivity index (χ1) is 9.24. The Morgan fingerprint density at radius 3 is 3.00 bits per heavy atom. The third-order valence-corrected chi connectivity index (χ3v) is 4.75. The van der Waals surface area contributed by atoms with Gasteiger partial charge < -0.3 is 15.1 Å². The first-order valence-electron chi connectivity index (χ1n) is 7.10. The third-order valence-electron chi connectivity index (χ3n) is 3.58. The number of hydrogen-bond acceptors (Lipinski definition) is 6. The van der Waals surface area contributed by atoms with Crippen LogP contribution in [-0.2, 0) is 0 Å². The number of anilines is 1. The summed E-state index contributed by atoms with van der Waals surface area (Å²) in [7, 11) is 0. The van der Waals surface area contributed by atoms with Crippen molar-refractivity contribution in [1.29, 1.82) is 0 Å². The van der Waals surface area contributed by atoms with Gasteiger partial charge in [0.25, 0.3) is 0 Å². The van der Waals surface area contributed by atoms with Crippen molar-refractivity contribution in [2.24, 2.45) is 0 Å². The van der Waals surface area contributed by atoms with Crippen LogP contribution in [0, 0.1) is 0 Å². The molecule has 5 nitrogen and oxygen atoms in total. The van der Waals surface area contributed by atoms with Crippen molar-refractivity contribution < 1.29 is 4.42 Å². The maximum atomic E-state index is 5.69. The van der Waals surface area contributed by atoms with Gasteiger partial charge in [0, 0.05) is 11.3 Å². The topological polar surface area (TPSA) is 63.0 Å². The van der Waals surface area contributed by atoms with E-state index < -0.39 is 0 Å². The molecule has 1 fully saturated rings. The Hall–Kier alpha value is -0.750. The number of aromatic nitrogens is 2. The molecule has 0 bridgehead atoms. The van der Waals surface area contributed by atoms with Crippen LogP contribution in [0.2, 0.25) is 0 Å². The highest BCUT2D eigenvalue weighted by molar-refractivity contribution is 7.99. The van der Waals surface area contributed by atoms with Crippen LogP contribution in [0.5, 0.6) is 0 Å². The monoisotopic (exact) mass is 284 g/mol. The molecule has 0 spiro atoms. The summed E-state index contributed by atoms with van der Waals surface area (Å²) in [5, 5.41) is 15.6. The van der Waals surface area contributed by atoms with Crippen LogP contribution in [0.15, 0.2) is 4.42 Å². The molecule has 19 heavy (non-hydrogen) atoms.